The number of nitrogens with zero attached hydrogens (tertiary/aromatic N) is 1. The summed E-state index contributed by atoms with van der Waals surface area (Å²) in [6, 6.07) is 6.37. The van der Waals surface area contributed by atoms with Gasteiger partial charge in [0, 0.05) is 19.7 Å². The molecule has 0 atom stereocenters. The van der Waals surface area contributed by atoms with Crippen LogP contribution >= 0.6 is 0 Å². The van der Waals surface area contributed by atoms with Gasteiger partial charge in [0.05, 0.1) is 18.0 Å². The molecule has 4 N–H and O–H groups in total. The number of sulfonamides is 1. The van der Waals surface area contributed by atoms with Gasteiger partial charge < -0.3 is 15.4 Å². The van der Waals surface area contributed by atoms with Crippen molar-refractivity contribution in [3.63, 3.8) is 0 Å². The first-order valence-corrected chi connectivity index (χ1v) is 8.73. The highest BCUT2D eigenvalue weighted by Crippen LogP contribution is 2.09. The van der Waals surface area contributed by atoms with Crippen molar-refractivity contribution in [3.8, 4) is 0 Å². The Kier molecular flexibility index (Phi) is 7.86. The van der Waals surface area contributed by atoms with Crippen LogP contribution in [0.2, 0.25) is 0 Å². The van der Waals surface area contributed by atoms with Gasteiger partial charge in [0.2, 0.25) is 10.0 Å². The highest BCUT2D eigenvalue weighted by molar-refractivity contribution is 7.89. The predicted octanol–water partition coefficient (Wildman–Crippen LogP) is 0.426. The van der Waals surface area contributed by atoms with E-state index in [-0.39, 0.29) is 4.90 Å². The minimum atomic E-state index is -3.65. The first-order chi connectivity index (χ1) is 10.5. The summed E-state index contributed by atoms with van der Waals surface area (Å²) >= 11 is 0. The number of guanidine groups is 1. The van der Waals surface area contributed by atoms with Crippen LogP contribution in [0.4, 0.5) is 0 Å². The summed E-state index contributed by atoms with van der Waals surface area (Å²) in [5, 5.41) is 11.4. The molecule has 7 nitrogen and oxygen atoms in total. The molecule has 0 radical (unpaired) electrons. The van der Waals surface area contributed by atoms with Gasteiger partial charge in [0.1, 0.15) is 0 Å². The maximum absolute atomic E-state index is 11.2. The average molecular weight is 328 g/mol. The van der Waals surface area contributed by atoms with E-state index in [9.17, 15) is 8.42 Å². The highest BCUT2D eigenvalue weighted by Gasteiger charge is 2.06. The number of nitrogens with two attached hydrogens (primary N) is 1. The SMILES string of the molecule is CCNC(=NCc1ccc(S(N)(=O)=O)cc1)NCCOCC. The van der Waals surface area contributed by atoms with Crippen LogP contribution in [0.5, 0.6) is 0 Å². The molecule has 0 amide bonds. The van der Waals surface area contributed by atoms with E-state index in [0.29, 0.717) is 32.3 Å². The molecule has 0 heterocycles. The number of rotatable bonds is 8. The molecule has 0 bridgehead atoms. The fraction of sp³-hybridized carbons (Fsp3) is 0.500. The van der Waals surface area contributed by atoms with Crippen molar-refractivity contribution in [2.45, 2.75) is 25.3 Å². The predicted molar refractivity (Wildman–Crippen MR) is 87.1 cm³/mol. The molecule has 0 aliphatic carbocycles. The molecule has 0 aliphatic rings. The zero-order valence-corrected chi connectivity index (χ0v) is 13.8. The number of aliphatic imine (C=N–C) groups is 1. The summed E-state index contributed by atoms with van der Waals surface area (Å²) in [5.41, 5.74) is 0.898. The zero-order valence-electron chi connectivity index (χ0n) is 13.0. The monoisotopic (exact) mass is 328 g/mol. The summed E-state index contributed by atoms with van der Waals surface area (Å²) < 4.78 is 27.6. The molecule has 1 aromatic rings. The van der Waals surface area contributed by atoms with Crippen molar-refractivity contribution >= 4 is 16.0 Å². The lowest BCUT2D eigenvalue weighted by Crippen LogP contribution is -2.39. The van der Waals surface area contributed by atoms with Gasteiger partial charge in [0.15, 0.2) is 5.96 Å². The number of primary sulfonamides is 1. The second-order valence-electron chi connectivity index (χ2n) is 4.51. The van der Waals surface area contributed by atoms with Gasteiger partial charge in [-0.1, -0.05) is 12.1 Å². The van der Waals surface area contributed by atoms with E-state index in [0.717, 1.165) is 12.1 Å². The molecule has 0 unspecified atom stereocenters. The van der Waals surface area contributed by atoms with E-state index in [1.807, 2.05) is 13.8 Å². The van der Waals surface area contributed by atoms with Gasteiger partial charge in [0.25, 0.3) is 0 Å². The van der Waals surface area contributed by atoms with Gasteiger partial charge in [-0.05, 0) is 31.5 Å². The molecule has 1 rings (SSSR count). The van der Waals surface area contributed by atoms with E-state index in [1.165, 1.54) is 12.1 Å². The molecule has 8 heteroatoms. The minimum absolute atomic E-state index is 0.0991. The Morgan fingerprint density at radius 2 is 1.91 bits per heavy atom. The Morgan fingerprint density at radius 1 is 1.23 bits per heavy atom. The van der Waals surface area contributed by atoms with Gasteiger partial charge in [-0.2, -0.15) is 0 Å². The van der Waals surface area contributed by atoms with E-state index >= 15 is 0 Å². The Bertz CT molecular complexity index is 570. The number of hydrogen-bond donors (Lipinski definition) is 3. The van der Waals surface area contributed by atoms with Gasteiger partial charge >= 0.3 is 0 Å². The summed E-state index contributed by atoms with van der Waals surface area (Å²) in [6.07, 6.45) is 0. The molecule has 0 aromatic heterocycles. The summed E-state index contributed by atoms with van der Waals surface area (Å²) in [5.74, 6) is 0.692. The van der Waals surface area contributed by atoms with E-state index < -0.39 is 10.0 Å². The van der Waals surface area contributed by atoms with E-state index in [4.69, 9.17) is 9.88 Å². The lowest BCUT2D eigenvalue weighted by atomic mass is 10.2. The van der Waals surface area contributed by atoms with Crippen molar-refractivity contribution < 1.29 is 13.2 Å². The van der Waals surface area contributed by atoms with Crippen LogP contribution in [0.3, 0.4) is 0 Å². The van der Waals surface area contributed by atoms with Crippen LogP contribution in [0.25, 0.3) is 0 Å². The molecule has 22 heavy (non-hydrogen) atoms. The summed E-state index contributed by atoms with van der Waals surface area (Å²) in [4.78, 5) is 4.53. The lowest BCUT2D eigenvalue weighted by Gasteiger charge is -2.11. The van der Waals surface area contributed by atoms with Crippen molar-refractivity contribution in [1.29, 1.82) is 0 Å². The minimum Gasteiger partial charge on any atom is -0.380 e. The number of ether oxygens (including phenoxy) is 1. The van der Waals surface area contributed by atoms with Gasteiger partial charge in [-0.15, -0.1) is 0 Å². The number of benzene rings is 1. The molecule has 0 fully saturated rings. The summed E-state index contributed by atoms with van der Waals surface area (Å²) in [7, 11) is -3.65. The molecule has 1 aromatic carbocycles. The van der Waals surface area contributed by atoms with Crippen LogP contribution < -0.4 is 15.8 Å². The third-order valence-corrected chi connectivity index (χ3v) is 3.69. The van der Waals surface area contributed by atoms with Crippen LogP contribution in [0.1, 0.15) is 19.4 Å². The molecule has 0 aliphatic heterocycles. The maximum Gasteiger partial charge on any atom is 0.238 e. The molecule has 0 saturated carbocycles. The van der Waals surface area contributed by atoms with Crippen molar-refractivity contribution in [3.05, 3.63) is 29.8 Å². The third kappa shape index (κ3) is 6.88. The second-order valence-corrected chi connectivity index (χ2v) is 6.07. The zero-order chi connectivity index (χ0) is 16.4. The smallest absolute Gasteiger partial charge is 0.238 e. The first kappa shape index (κ1) is 18.4. The Morgan fingerprint density at radius 3 is 2.45 bits per heavy atom. The van der Waals surface area contributed by atoms with Crippen LogP contribution in [0, 0.1) is 0 Å². The van der Waals surface area contributed by atoms with Crippen molar-refractivity contribution in [2.75, 3.05) is 26.3 Å². The fourth-order valence-corrected chi connectivity index (χ4v) is 2.20. The van der Waals surface area contributed by atoms with E-state index in [2.05, 4.69) is 15.6 Å². The normalized spacial score (nSPS) is 12.2. The quantitative estimate of drug-likeness (QED) is 0.364. The highest BCUT2D eigenvalue weighted by atomic mass is 32.2. The van der Waals surface area contributed by atoms with Crippen LogP contribution in [0.15, 0.2) is 34.2 Å². The number of hydrogen-bond acceptors (Lipinski definition) is 4. The molecule has 0 spiro atoms. The van der Waals surface area contributed by atoms with E-state index in [1.54, 1.807) is 12.1 Å². The lowest BCUT2D eigenvalue weighted by molar-refractivity contribution is 0.152. The standard InChI is InChI=1S/C14H24N4O3S/c1-3-16-14(17-9-10-21-4-2)18-11-12-5-7-13(8-6-12)22(15,19)20/h5-8H,3-4,9-11H2,1-2H3,(H2,15,19,20)(H2,16,17,18). The average Bonchev–Trinajstić information content (AvgIpc) is 2.48. The summed E-state index contributed by atoms with van der Waals surface area (Å²) in [6.45, 7) is 7.10. The van der Waals surface area contributed by atoms with Crippen LogP contribution in [-0.4, -0.2) is 40.7 Å². The van der Waals surface area contributed by atoms with Gasteiger partial charge in [-0.25, -0.2) is 18.5 Å². The Labute approximate surface area is 132 Å². The van der Waals surface area contributed by atoms with Crippen molar-refractivity contribution in [2.24, 2.45) is 10.1 Å². The molecule has 0 saturated heterocycles. The molecular formula is C14H24N4O3S. The largest absolute Gasteiger partial charge is 0.380 e. The second kappa shape index (κ2) is 9.39. The Hall–Kier alpha value is -1.64. The third-order valence-electron chi connectivity index (χ3n) is 2.76. The fourth-order valence-electron chi connectivity index (χ4n) is 1.68. The van der Waals surface area contributed by atoms with Gasteiger partial charge in [-0.3, -0.25) is 0 Å². The Balaban J connectivity index is 2.61. The molecule has 124 valence electrons. The topological polar surface area (TPSA) is 106 Å². The van der Waals surface area contributed by atoms with Crippen LogP contribution in [-0.2, 0) is 21.3 Å². The number of nitrogens with one attached hydrogen (secondary N) is 2. The van der Waals surface area contributed by atoms with Crippen molar-refractivity contribution in [1.82, 2.24) is 10.6 Å². The molecular weight excluding hydrogens is 304 g/mol. The first-order valence-electron chi connectivity index (χ1n) is 7.19. The maximum atomic E-state index is 11.2.